The summed E-state index contributed by atoms with van der Waals surface area (Å²) in [5, 5.41) is 0.0513. The van der Waals surface area contributed by atoms with E-state index in [4.69, 9.17) is 0 Å². The summed E-state index contributed by atoms with van der Waals surface area (Å²) >= 11 is 1.24. The fraction of sp³-hybridized carbons (Fsp3) is 0.750. The van der Waals surface area contributed by atoms with Crippen LogP contribution in [0.4, 0.5) is 0 Å². The zero-order chi connectivity index (χ0) is 9.56. The molecule has 0 aromatic rings. The Hall–Kier alpha value is -0.510. The molecule has 1 atom stereocenters. The van der Waals surface area contributed by atoms with Crippen LogP contribution >= 0.6 is 11.8 Å². The van der Waals surface area contributed by atoms with Crippen LogP contribution in [-0.2, 0) is 14.3 Å². The van der Waals surface area contributed by atoms with Crippen LogP contribution in [0.3, 0.4) is 0 Å². The maximum absolute atomic E-state index is 11.0. The van der Waals surface area contributed by atoms with E-state index >= 15 is 0 Å². The van der Waals surface area contributed by atoms with Gasteiger partial charge in [-0.2, -0.15) is 0 Å². The van der Waals surface area contributed by atoms with Crippen molar-refractivity contribution < 1.29 is 14.3 Å². The third-order valence-electron chi connectivity index (χ3n) is 1.38. The van der Waals surface area contributed by atoms with Crippen LogP contribution in [0.1, 0.15) is 20.3 Å². The van der Waals surface area contributed by atoms with E-state index in [1.165, 1.54) is 18.9 Å². The minimum Gasteiger partial charge on any atom is -0.469 e. The fourth-order valence-electron chi connectivity index (χ4n) is 0.754. The van der Waals surface area contributed by atoms with E-state index in [0.717, 1.165) is 5.75 Å². The van der Waals surface area contributed by atoms with Crippen molar-refractivity contribution in [2.45, 2.75) is 20.3 Å². The smallest absolute Gasteiger partial charge is 0.308 e. The van der Waals surface area contributed by atoms with Crippen LogP contribution in [0.2, 0.25) is 0 Å². The number of carbonyl (C=O) groups is 2. The van der Waals surface area contributed by atoms with E-state index in [9.17, 15) is 9.59 Å². The molecule has 0 rings (SSSR count). The van der Waals surface area contributed by atoms with Crippen molar-refractivity contribution in [1.82, 2.24) is 0 Å². The molecular formula is C8H14O3S. The first-order valence-electron chi connectivity index (χ1n) is 3.85. The van der Waals surface area contributed by atoms with Crippen LogP contribution in [0.5, 0.6) is 0 Å². The van der Waals surface area contributed by atoms with Gasteiger partial charge in [0.25, 0.3) is 0 Å². The van der Waals surface area contributed by atoms with Gasteiger partial charge in [0, 0.05) is 6.42 Å². The summed E-state index contributed by atoms with van der Waals surface area (Å²) in [6, 6.07) is 0. The van der Waals surface area contributed by atoms with Crippen LogP contribution in [-0.4, -0.2) is 23.9 Å². The summed E-state index contributed by atoms with van der Waals surface area (Å²) in [7, 11) is 1.33. The highest BCUT2D eigenvalue weighted by molar-refractivity contribution is 8.13. The molecule has 0 saturated heterocycles. The fourth-order valence-corrected chi connectivity index (χ4v) is 1.44. The van der Waals surface area contributed by atoms with Gasteiger partial charge in [0.2, 0.25) is 0 Å². The summed E-state index contributed by atoms with van der Waals surface area (Å²) in [5.74, 6) is 0.119. The van der Waals surface area contributed by atoms with Crippen molar-refractivity contribution in [3.8, 4) is 0 Å². The van der Waals surface area contributed by atoms with E-state index in [-0.39, 0.29) is 23.4 Å². The number of esters is 1. The van der Waals surface area contributed by atoms with Crippen molar-refractivity contribution >= 4 is 22.8 Å². The molecule has 0 aromatic heterocycles. The molecule has 4 heteroatoms. The van der Waals surface area contributed by atoms with E-state index in [2.05, 4.69) is 4.74 Å². The van der Waals surface area contributed by atoms with Crippen molar-refractivity contribution in [2.75, 3.05) is 12.9 Å². The van der Waals surface area contributed by atoms with E-state index in [0.29, 0.717) is 0 Å². The van der Waals surface area contributed by atoms with Crippen LogP contribution < -0.4 is 0 Å². The minimum absolute atomic E-state index is 0.0513. The second kappa shape index (κ2) is 6.06. The second-order valence-corrected chi connectivity index (χ2v) is 3.75. The third-order valence-corrected chi connectivity index (χ3v) is 2.16. The highest BCUT2D eigenvalue weighted by atomic mass is 32.2. The van der Waals surface area contributed by atoms with Crippen LogP contribution in [0, 0.1) is 5.92 Å². The van der Waals surface area contributed by atoms with Crippen molar-refractivity contribution in [1.29, 1.82) is 0 Å². The van der Waals surface area contributed by atoms with Gasteiger partial charge in [-0.15, -0.1) is 0 Å². The summed E-state index contributed by atoms with van der Waals surface area (Å²) in [4.78, 5) is 21.9. The van der Waals surface area contributed by atoms with Gasteiger partial charge in [0.15, 0.2) is 5.12 Å². The quantitative estimate of drug-likeness (QED) is 0.629. The van der Waals surface area contributed by atoms with E-state index < -0.39 is 0 Å². The van der Waals surface area contributed by atoms with Crippen molar-refractivity contribution in [3.05, 3.63) is 0 Å². The Labute approximate surface area is 76.9 Å². The topological polar surface area (TPSA) is 43.4 Å². The molecule has 0 radical (unpaired) electrons. The molecule has 0 aliphatic heterocycles. The summed E-state index contributed by atoms with van der Waals surface area (Å²) in [6.07, 6.45) is 0.269. The molecule has 70 valence electrons. The standard InChI is InChI=1S/C8H14O3S/c1-4-12-7(9)5-6(2)8(10)11-3/h6H,4-5H2,1-3H3/t6-/m0/s1. The Bertz CT molecular complexity index is 168. The molecule has 0 amide bonds. The van der Waals surface area contributed by atoms with E-state index in [1.807, 2.05) is 6.92 Å². The normalized spacial score (nSPS) is 12.2. The lowest BCUT2D eigenvalue weighted by atomic mass is 10.1. The predicted molar refractivity (Wildman–Crippen MR) is 48.9 cm³/mol. The largest absolute Gasteiger partial charge is 0.469 e. The van der Waals surface area contributed by atoms with Gasteiger partial charge in [-0.05, 0) is 5.75 Å². The van der Waals surface area contributed by atoms with Gasteiger partial charge in [0.1, 0.15) is 0 Å². The molecule has 3 nitrogen and oxygen atoms in total. The first-order chi connectivity index (χ1) is 5.61. The average molecular weight is 190 g/mol. The number of hydrogen-bond acceptors (Lipinski definition) is 4. The molecule has 0 aromatic carbocycles. The lowest BCUT2D eigenvalue weighted by Crippen LogP contribution is -2.15. The van der Waals surface area contributed by atoms with Crippen molar-refractivity contribution in [3.63, 3.8) is 0 Å². The number of rotatable bonds is 4. The lowest BCUT2D eigenvalue weighted by Gasteiger charge is -2.06. The Morgan fingerprint density at radius 3 is 2.50 bits per heavy atom. The molecule has 0 bridgehead atoms. The van der Waals surface area contributed by atoms with Crippen LogP contribution in [0.25, 0.3) is 0 Å². The molecule has 0 fully saturated rings. The molecule has 12 heavy (non-hydrogen) atoms. The Balaban J connectivity index is 3.75. The molecular weight excluding hydrogens is 176 g/mol. The molecule has 0 heterocycles. The zero-order valence-corrected chi connectivity index (χ0v) is 8.44. The molecule has 0 saturated carbocycles. The maximum Gasteiger partial charge on any atom is 0.308 e. The maximum atomic E-state index is 11.0. The van der Waals surface area contributed by atoms with Crippen molar-refractivity contribution in [2.24, 2.45) is 5.92 Å². The second-order valence-electron chi connectivity index (χ2n) is 2.43. The lowest BCUT2D eigenvalue weighted by molar-refractivity contribution is -0.145. The van der Waals surface area contributed by atoms with Gasteiger partial charge < -0.3 is 4.74 Å². The monoisotopic (exact) mass is 190 g/mol. The Morgan fingerprint density at radius 2 is 2.08 bits per heavy atom. The molecule has 0 unspecified atom stereocenters. The van der Waals surface area contributed by atoms with Gasteiger partial charge in [-0.3, -0.25) is 9.59 Å². The zero-order valence-electron chi connectivity index (χ0n) is 7.62. The molecule has 0 spiro atoms. The minimum atomic E-state index is -0.319. The number of hydrogen-bond donors (Lipinski definition) is 0. The number of carbonyl (C=O) groups excluding carboxylic acids is 2. The highest BCUT2D eigenvalue weighted by Crippen LogP contribution is 2.12. The molecule has 0 aliphatic carbocycles. The van der Waals surface area contributed by atoms with Crippen LogP contribution in [0.15, 0.2) is 0 Å². The number of thioether (sulfide) groups is 1. The Kier molecular flexibility index (Phi) is 5.80. The van der Waals surface area contributed by atoms with Gasteiger partial charge >= 0.3 is 5.97 Å². The summed E-state index contributed by atoms with van der Waals surface area (Å²) in [6.45, 7) is 3.60. The predicted octanol–water partition coefficient (Wildman–Crippen LogP) is 1.47. The first kappa shape index (κ1) is 11.5. The third kappa shape index (κ3) is 4.38. The van der Waals surface area contributed by atoms with Gasteiger partial charge in [-0.25, -0.2) is 0 Å². The van der Waals surface area contributed by atoms with E-state index in [1.54, 1.807) is 6.92 Å². The number of methoxy groups -OCH3 is 1. The van der Waals surface area contributed by atoms with Gasteiger partial charge in [0.05, 0.1) is 13.0 Å². The average Bonchev–Trinajstić information content (AvgIpc) is 2.03. The summed E-state index contributed by atoms with van der Waals surface area (Å²) < 4.78 is 4.49. The molecule has 0 aliphatic rings. The summed E-state index contributed by atoms with van der Waals surface area (Å²) in [5.41, 5.74) is 0. The molecule has 0 N–H and O–H groups in total. The highest BCUT2D eigenvalue weighted by Gasteiger charge is 2.16. The first-order valence-corrected chi connectivity index (χ1v) is 4.83. The number of ether oxygens (including phenoxy) is 1. The van der Waals surface area contributed by atoms with Gasteiger partial charge in [-0.1, -0.05) is 25.6 Å². The Morgan fingerprint density at radius 1 is 1.50 bits per heavy atom. The SMILES string of the molecule is CCSC(=O)C[C@H](C)C(=O)OC.